The van der Waals surface area contributed by atoms with Gasteiger partial charge in [0, 0.05) is 26.8 Å². The van der Waals surface area contributed by atoms with Gasteiger partial charge in [0.15, 0.2) is 0 Å². The number of hydrogen-bond donors (Lipinski definition) is 0. The molecule has 1 atom stereocenters. The van der Waals surface area contributed by atoms with Crippen LogP contribution in [-0.4, -0.2) is 53.3 Å². The molecule has 1 unspecified atom stereocenters. The Morgan fingerprint density at radius 3 is 2.84 bits per heavy atom. The zero-order chi connectivity index (χ0) is 14.0. The fourth-order valence-electron chi connectivity index (χ4n) is 2.26. The molecule has 0 aliphatic carbocycles. The Bertz CT molecular complexity index is 504. The summed E-state index contributed by atoms with van der Waals surface area (Å²) in [6, 6.07) is 2.40. The summed E-state index contributed by atoms with van der Waals surface area (Å²) < 4.78 is 13.5. The average molecular weight is 265 g/mol. The molecule has 2 heterocycles. The normalized spacial score (nSPS) is 18.5. The largest absolute Gasteiger partial charge is 0.347 e. The highest BCUT2D eigenvalue weighted by Crippen LogP contribution is 2.22. The van der Waals surface area contributed by atoms with E-state index in [2.05, 4.69) is 4.98 Å². The van der Waals surface area contributed by atoms with E-state index in [0.29, 0.717) is 13.0 Å². The van der Waals surface area contributed by atoms with Crippen molar-refractivity contribution >= 4 is 11.8 Å². The van der Waals surface area contributed by atoms with Gasteiger partial charge in [0.05, 0.1) is 5.56 Å². The Labute approximate surface area is 111 Å². The molecule has 0 radical (unpaired) electrons. The summed E-state index contributed by atoms with van der Waals surface area (Å²) in [7, 11) is 3.29. The lowest BCUT2D eigenvalue weighted by Crippen LogP contribution is -2.45. The standard InChI is InChI=1S/C13H16FN3O2/c1-16(2)13(19)10-6-4-8-17(10)12(18)9-5-3-7-15-11(9)14/h3,5,7,10H,4,6,8H2,1-2H3. The van der Waals surface area contributed by atoms with Crippen LogP contribution in [0.4, 0.5) is 4.39 Å². The van der Waals surface area contributed by atoms with Crippen molar-refractivity contribution in [3.05, 3.63) is 29.8 Å². The van der Waals surface area contributed by atoms with Crippen LogP contribution in [0, 0.1) is 5.95 Å². The monoisotopic (exact) mass is 265 g/mol. The van der Waals surface area contributed by atoms with Crippen LogP contribution in [0.3, 0.4) is 0 Å². The predicted octanol–water partition coefficient (Wildman–Crippen LogP) is 0.913. The van der Waals surface area contributed by atoms with Crippen LogP contribution in [0.1, 0.15) is 23.2 Å². The lowest BCUT2D eigenvalue weighted by Gasteiger charge is -2.26. The van der Waals surface area contributed by atoms with Gasteiger partial charge in [-0.3, -0.25) is 9.59 Å². The Morgan fingerprint density at radius 2 is 2.21 bits per heavy atom. The molecular weight excluding hydrogens is 249 g/mol. The summed E-state index contributed by atoms with van der Waals surface area (Å²) in [4.78, 5) is 30.6. The predicted molar refractivity (Wildman–Crippen MR) is 66.9 cm³/mol. The first-order valence-electron chi connectivity index (χ1n) is 6.15. The summed E-state index contributed by atoms with van der Waals surface area (Å²) >= 11 is 0. The molecule has 5 nitrogen and oxygen atoms in total. The third kappa shape index (κ3) is 2.57. The van der Waals surface area contributed by atoms with Crippen LogP contribution in [0.15, 0.2) is 18.3 Å². The minimum absolute atomic E-state index is 0.0824. The van der Waals surface area contributed by atoms with E-state index < -0.39 is 17.9 Å². The summed E-state index contributed by atoms with van der Waals surface area (Å²) in [5.74, 6) is -1.39. The molecule has 102 valence electrons. The molecule has 1 aromatic rings. The Balaban J connectivity index is 2.24. The number of carbonyl (C=O) groups excluding carboxylic acids is 2. The van der Waals surface area contributed by atoms with Gasteiger partial charge in [-0.15, -0.1) is 0 Å². The van der Waals surface area contributed by atoms with Gasteiger partial charge >= 0.3 is 0 Å². The number of likely N-dealkylation sites (tertiary alicyclic amines) is 1. The van der Waals surface area contributed by atoms with E-state index in [1.807, 2.05) is 0 Å². The number of aromatic nitrogens is 1. The van der Waals surface area contributed by atoms with Gasteiger partial charge in [-0.25, -0.2) is 4.98 Å². The van der Waals surface area contributed by atoms with E-state index in [9.17, 15) is 14.0 Å². The van der Waals surface area contributed by atoms with Crippen molar-refractivity contribution in [2.24, 2.45) is 0 Å². The Morgan fingerprint density at radius 1 is 1.47 bits per heavy atom. The van der Waals surface area contributed by atoms with E-state index in [1.54, 1.807) is 14.1 Å². The number of pyridine rings is 1. The second kappa shape index (κ2) is 5.34. The smallest absolute Gasteiger partial charge is 0.259 e. The highest BCUT2D eigenvalue weighted by atomic mass is 19.1. The van der Waals surface area contributed by atoms with Crippen LogP contribution < -0.4 is 0 Å². The van der Waals surface area contributed by atoms with Crippen molar-refractivity contribution in [3.63, 3.8) is 0 Å². The van der Waals surface area contributed by atoms with Crippen LogP contribution in [0.25, 0.3) is 0 Å². The molecule has 1 saturated heterocycles. The molecule has 1 aromatic heterocycles. The molecule has 0 N–H and O–H groups in total. The van der Waals surface area contributed by atoms with E-state index in [0.717, 1.165) is 6.42 Å². The average Bonchev–Trinajstić information content (AvgIpc) is 2.86. The molecule has 0 spiro atoms. The second-order valence-electron chi connectivity index (χ2n) is 4.73. The molecule has 2 amide bonds. The minimum Gasteiger partial charge on any atom is -0.347 e. The first-order valence-corrected chi connectivity index (χ1v) is 6.15. The molecular formula is C13H16FN3O2. The zero-order valence-electron chi connectivity index (χ0n) is 11.0. The van der Waals surface area contributed by atoms with E-state index in [-0.39, 0.29) is 11.5 Å². The third-order valence-corrected chi connectivity index (χ3v) is 3.23. The maximum atomic E-state index is 13.5. The Kier molecular flexibility index (Phi) is 3.78. The van der Waals surface area contributed by atoms with Crippen molar-refractivity contribution in [3.8, 4) is 0 Å². The Hall–Kier alpha value is -1.98. The summed E-state index contributed by atoms with van der Waals surface area (Å²) in [5.41, 5.74) is -0.0824. The maximum Gasteiger partial charge on any atom is 0.259 e. The van der Waals surface area contributed by atoms with Crippen molar-refractivity contribution in [1.82, 2.24) is 14.8 Å². The molecule has 0 aromatic carbocycles. The molecule has 1 aliphatic rings. The summed E-state index contributed by atoms with van der Waals surface area (Å²) in [6.45, 7) is 0.470. The number of halogens is 1. The molecule has 0 bridgehead atoms. The number of nitrogens with zero attached hydrogens (tertiary/aromatic N) is 3. The van der Waals surface area contributed by atoms with Gasteiger partial charge in [-0.1, -0.05) is 0 Å². The van der Waals surface area contributed by atoms with E-state index >= 15 is 0 Å². The lowest BCUT2D eigenvalue weighted by atomic mass is 10.1. The topological polar surface area (TPSA) is 53.5 Å². The van der Waals surface area contributed by atoms with Crippen molar-refractivity contribution in [2.75, 3.05) is 20.6 Å². The first kappa shape index (κ1) is 13.5. The number of carbonyl (C=O) groups is 2. The quantitative estimate of drug-likeness (QED) is 0.747. The van der Waals surface area contributed by atoms with E-state index in [4.69, 9.17) is 0 Å². The molecule has 19 heavy (non-hydrogen) atoms. The zero-order valence-corrected chi connectivity index (χ0v) is 11.0. The molecule has 2 rings (SSSR count). The van der Waals surface area contributed by atoms with Crippen LogP contribution in [0.2, 0.25) is 0 Å². The molecule has 1 aliphatic heterocycles. The number of amides is 2. The van der Waals surface area contributed by atoms with Crippen LogP contribution in [-0.2, 0) is 4.79 Å². The molecule has 1 fully saturated rings. The highest BCUT2D eigenvalue weighted by molar-refractivity contribution is 5.97. The third-order valence-electron chi connectivity index (χ3n) is 3.23. The summed E-state index contributed by atoms with van der Waals surface area (Å²) in [6.07, 6.45) is 2.65. The summed E-state index contributed by atoms with van der Waals surface area (Å²) in [5, 5.41) is 0. The fraction of sp³-hybridized carbons (Fsp3) is 0.462. The van der Waals surface area contributed by atoms with Gasteiger partial charge in [-0.05, 0) is 25.0 Å². The van der Waals surface area contributed by atoms with Crippen LogP contribution in [0.5, 0.6) is 0 Å². The van der Waals surface area contributed by atoms with Gasteiger partial charge in [0.1, 0.15) is 6.04 Å². The fourth-order valence-corrected chi connectivity index (χ4v) is 2.26. The molecule has 0 saturated carbocycles. The first-order chi connectivity index (χ1) is 9.02. The molecule has 6 heteroatoms. The second-order valence-corrected chi connectivity index (χ2v) is 4.73. The number of hydrogen-bond acceptors (Lipinski definition) is 3. The number of likely N-dealkylation sites (N-methyl/N-ethyl adjacent to an activating group) is 1. The van der Waals surface area contributed by atoms with Crippen molar-refractivity contribution in [1.29, 1.82) is 0 Å². The van der Waals surface area contributed by atoms with E-state index in [1.165, 1.54) is 28.1 Å². The highest BCUT2D eigenvalue weighted by Gasteiger charge is 2.36. The SMILES string of the molecule is CN(C)C(=O)C1CCCN1C(=O)c1cccnc1F. The van der Waals surface area contributed by atoms with Gasteiger partial charge in [-0.2, -0.15) is 4.39 Å². The van der Waals surface area contributed by atoms with Gasteiger partial charge < -0.3 is 9.80 Å². The van der Waals surface area contributed by atoms with Gasteiger partial charge in [0.2, 0.25) is 11.9 Å². The lowest BCUT2D eigenvalue weighted by molar-refractivity contribution is -0.132. The maximum absolute atomic E-state index is 13.5. The van der Waals surface area contributed by atoms with Crippen molar-refractivity contribution < 1.29 is 14.0 Å². The van der Waals surface area contributed by atoms with Crippen molar-refractivity contribution in [2.45, 2.75) is 18.9 Å². The minimum atomic E-state index is -0.796. The van der Waals surface area contributed by atoms with Gasteiger partial charge in [0.25, 0.3) is 5.91 Å². The van der Waals surface area contributed by atoms with Crippen LogP contribution >= 0.6 is 0 Å². The number of rotatable bonds is 2.